The Labute approximate surface area is 101 Å². The molecule has 2 rings (SSSR count). The topological polar surface area (TPSA) is 29.4 Å². The zero-order chi connectivity index (χ0) is 12.0. The Morgan fingerprint density at radius 2 is 2.12 bits per heavy atom. The molecule has 0 bridgehead atoms. The minimum atomic E-state index is -0.124. The van der Waals surface area contributed by atoms with Gasteiger partial charge in [-0.15, -0.1) is 11.8 Å². The van der Waals surface area contributed by atoms with Gasteiger partial charge in [0, 0.05) is 0 Å². The van der Waals surface area contributed by atoms with E-state index < -0.39 is 0 Å². The van der Waals surface area contributed by atoms with Crippen molar-refractivity contribution in [1.29, 1.82) is 0 Å². The molecule has 1 atom stereocenters. The number of ketones is 1. The molecule has 0 fully saturated rings. The molecule has 1 spiro atoms. The van der Waals surface area contributed by atoms with Crippen LogP contribution in [0.4, 0.5) is 0 Å². The maximum absolute atomic E-state index is 11.5. The van der Waals surface area contributed by atoms with E-state index in [1.807, 2.05) is 13.0 Å². The lowest BCUT2D eigenvalue weighted by Crippen LogP contribution is -2.27. The lowest BCUT2D eigenvalue weighted by Gasteiger charge is -2.28. The average Bonchev–Trinajstić information content (AvgIpc) is 2.44. The second kappa shape index (κ2) is 3.59. The van der Waals surface area contributed by atoms with Crippen LogP contribution in [0, 0.1) is 5.41 Å². The Kier molecular flexibility index (Phi) is 2.61. The number of aliphatic imine (C=N–C) groups is 1. The smallest absolute Gasteiger partial charge is 0.180 e. The van der Waals surface area contributed by atoms with E-state index >= 15 is 0 Å². The molecule has 0 unspecified atom stereocenters. The number of thioether (sulfide) groups is 1. The average molecular weight is 235 g/mol. The quantitative estimate of drug-likeness (QED) is 0.646. The Bertz CT molecular complexity index is 431. The summed E-state index contributed by atoms with van der Waals surface area (Å²) in [5, 5.41) is 1.13. The lowest BCUT2D eigenvalue weighted by atomic mass is 9.77. The molecule has 0 N–H and O–H groups in total. The highest BCUT2D eigenvalue weighted by Gasteiger charge is 2.44. The summed E-state index contributed by atoms with van der Waals surface area (Å²) in [5.41, 5.74) is 0.683. The van der Waals surface area contributed by atoms with Crippen LogP contribution in [0.15, 0.2) is 28.8 Å². The van der Waals surface area contributed by atoms with Crippen LogP contribution in [0.25, 0.3) is 0 Å². The minimum Gasteiger partial charge on any atom is -0.290 e. The van der Waals surface area contributed by atoms with Gasteiger partial charge in [0.05, 0.1) is 16.0 Å². The summed E-state index contributed by atoms with van der Waals surface area (Å²) >= 11 is 1.69. The first kappa shape index (κ1) is 11.6. The van der Waals surface area contributed by atoms with Gasteiger partial charge < -0.3 is 0 Å². The summed E-state index contributed by atoms with van der Waals surface area (Å²) in [6.07, 6.45) is 8.81. The molecule has 16 heavy (non-hydrogen) atoms. The van der Waals surface area contributed by atoms with Gasteiger partial charge in [0.15, 0.2) is 5.78 Å². The number of nitrogens with zero attached hydrogens (tertiary/aromatic N) is 1. The highest BCUT2D eigenvalue weighted by Crippen LogP contribution is 2.46. The maximum Gasteiger partial charge on any atom is 0.180 e. The van der Waals surface area contributed by atoms with Crippen LogP contribution in [-0.4, -0.2) is 22.6 Å². The zero-order valence-electron chi connectivity index (χ0n) is 10.2. The summed E-state index contributed by atoms with van der Waals surface area (Å²) in [6.45, 7) is 6.17. The van der Waals surface area contributed by atoms with Gasteiger partial charge in [-0.2, -0.15) is 0 Å². The molecular weight excluding hydrogens is 218 g/mol. The first-order valence-corrected chi connectivity index (χ1v) is 6.68. The number of rotatable bonds is 0. The van der Waals surface area contributed by atoms with Crippen molar-refractivity contribution < 1.29 is 4.79 Å². The molecule has 0 amide bonds. The van der Waals surface area contributed by atoms with E-state index in [0.29, 0.717) is 0 Å². The molecule has 2 nitrogen and oxygen atoms in total. The molecular formula is C13H17NOS. The van der Waals surface area contributed by atoms with Crippen molar-refractivity contribution in [3.63, 3.8) is 0 Å². The van der Waals surface area contributed by atoms with Crippen molar-refractivity contribution >= 4 is 22.6 Å². The van der Waals surface area contributed by atoms with Crippen LogP contribution in [0.3, 0.4) is 0 Å². The third kappa shape index (κ3) is 1.77. The predicted octanol–water partition coefficient (Wildman–Crippen LogP) is 3.00. The summed E-state index contributed by atoms with van der Waals surface area (Å²) in [6, 6.07) is 0. The molecule has 0 aromatic heterocycles. The van der Waals surface area contributed by atoms with Crippen molar-refractivity contribution in [2.75, 3.05) is 6.26 Å². The summed E-state index contributed by atoms with van der Waals surface area (Å²) in [7, 11) is 0. The second-order valence-corrected chi connectivity index (χ2v) is 5.97. The van der Waals surface area contributed by atoms with Gasteiger partial charge in [0.1, 0.15) is 0 Å². The third-order valence-corrected chi connectivity index (χ3v) is 3.97. The molecule has 0 aromatic rings. The predicted molar refractivity (Wildman–Crippen MR) is 70.0 cm³/mol. The molecule has 0 aromatic carbocycles. The monoisotopic (exact) mass is 235 g/mol. The SMILES string of the molecule is CSC1=NC(C)(C)C[C@@]12C=CC(=O)C(C)=C2. The molecule has 0 saturated carbocycles. The van der Waals surface area contributed by atoms with E-state index in [2.05, 4.69) is 26.2 Å². The van der Waals surface area contributed by atoms with Crippen molar-refractivity contribution in [2.45, 2.75) is 32.7 Å². The fraction of sp³-hybridized carbons (Fsp3) is 0.538. The lowest BCUT2D eigenvalue weighted by molar-refractivity contribution is -0.111. The van der Waals surface area contributed by atoms with Gasteiger partial charge in [0.25, 0.3) is 0 Å². The standard InChI is InChI=1S/C13H17NOS/c1-9-7-13(6-5-10(9)15)8-12(2,3)14-11(13)16-4/h5-7H,8H2,1-4H3/t13-/m0/s1. The minimum absolute atomic E-state index is 0.0279. The van der Waals surface area contributed by atoms with Crippen LogP contribution in [0.5, 0.6) is 0 Å². The Hall–Kier alpha value is -0.830. The fourth-order valence-corrected chi connectivity index (χ4v) is 3.47. The molecule has 1 aliphatic heterocycles. The first-order valence-electron chi connectivity index (χ1n) is 5.46. The number of hydrogen-bond donors (Lipinski definition) is 0. The second-order valence-electron chi connectivity index (χ2n) is 5.18. The van der Waals surface area contributed by atoms with Gasteiger partial charge in [-0.3, -0.25) is 9.79 Å². The van der Waals surface area contributed by atoms with Crippen molar-refractivity contribution in [3.05, 3.63) is 23.8 Å². The van der Waals surface area contributed by atoms with E-state index in [9.17, 15) is 4.79 Å². The van der Waals surface area contributed by atoms with Gasteiger partial charge in [-0.25, -0.2) is 0 Å². The van der Waals surface area contributed by atoms with E-state index in [-0.39, 0.29) is 16.7 Å². The maximum atomic E-state index is 11.5. The van der Waals surface area contributed by atoms with Crippen molar-refractivity contribution in [1.82, 2.24) is 0 Å². The largest absolute Gasteiger partial charge is 0.290 e. The zero-order valence-corrected chi connectivity index (χ0v) is 11.0. The Balaban J connectivity index is 2.46. The van der Waals surface area contributed by atoms with Crippen LogP contribution in [0.2, 0.25) is 0 Å². The van der Waals surface area contributed by atoms with Crippen molar-refractivity contribution in [3.8, 4) is 0 Å². The van der Waals surface area contributed by atoms with E-state index in [1.54, 1.807) is 17.8 Å². The summed E-state index contributed by atoms with van der Waals surface area (Å²) in [4.78, 5) is 16.2. The van der Waals surface area contributed by atoms with Crippen LogP contribution in [0.1, 0.15) is 27.2 Å². The Morgan fingerprint density at radius 1 is 1.44 bits per heavy atom. The summed E-state index contributed by atoms with van der Waals surface area (Å²) in [5.74, 6) is 0.121. The van der Waals surface area contributed by atoms with E-state index in [4.69, 9.17) is 4.99 Å². The van der Waals surface area contributed by atoms with Gasteiger partial charge >= 0.3 is 0 Å². The number of carbonyl (C=O) groups is 1. The highest BCUT2D eigenvalue weighted by atomic mass is 32.2. The number of carbonyl (C=O) groups excluding carboxylic acids is 1. The third-order valence-electron chi connectivity index (χ3n) is 3.12. The molecule has 3 heteroatoms. The van der Waals surface area contributed by atoms with Crippen LogP contribution in [-0.2, 0) is 4.79 Å². The normalized spacial score (nSPS) is 31.9. The van der Waals surface area contributed by atoms with Gasteiger partial charge in [-0.05, 0) is 45.1 Å². The van der Waals surface area contributed by atoms with Crippen LogP contribution < -0.4 is 0 Å². The molecule has 0 saturated heterocycles. The number of hydrogen-bond acceptors (Lipinski definition) is 3. The highest BCUT2D eigenvalue weighted by molar-refractivity contribution is 8.13. The first-order chi connectivity index (χ1) is 7.38. The van der Waals surface area contributed by atoms with Crippen molar-refractivity contribution in [2.24, 2.45) is 10.4 Å². The summed E-state index contributed by atoms with van der Waals surface area (Å²) < 4.78 is 0. The molecule has 1 aliphatic carbocycles. The molecule has 1 heterocycles. The fourth-order valence-electron chi connectivity index (χ4n) is 2.55. The van der Waals surface area contributed by atoms with Crippen LogP contribution >= 0.6 is 11.8 Å². The molecule has 2 aliphatic rings. The van der Waals surface area contributed by atoms with E-state index in [0.717, 1.165) is 17.0 Å². The Morgan fingerprint density at radius 3 is 2.69 bits per heavy atom. The molecule has 86 valence electrons. The number of allylic oxidation sites excluding steroid dienone is 4. The van der Waals surface area contributed by atoms with E-state index in [1.165, 1.54) is 0 Å². The van der Waals surface area contributed by atoms with Gasteiger partial charge in [-0.1, -0.05) is 12.2 Å². The van der Waals surface area contributed by atoms with Gasteiger partial charge in [0.2, 0.25) is 0 Å². The molecule has 0 radical (unpaired) electrons.